The van der Waals surface area contributed by atoms with E-state index in [2.05, 4.69) is 58.2 Å². The maximum Gasteiger partial charge on any atom is 0.500 e. The van der Waals surface area contributed by atoms with Crippen LogP contribution in [0.25, 0.3) is 32.3 Å². The molecular formula is C26H38N2O6Si2+2. The van der Waals surface area contributed by atoms with Crippen molar-refractivity contribution in [2.45, 2.75) is 38.0 Å². The summed E-state index contributed by atoms with van der Waals surface area (Å²) >= 11 is 0. The van der Waals surface area contributed by atoms with Gasteiger partial charge in [0.25, 0.3) is 0 Å². The maximum atomic E-state index is 5.57. The number of hydrogen-bond donors (Lipinski definition) is 0. The molecule has 0 saturated carbocycles. The largest absolute Gasteiger partial charge is 0.500 e. The number of pyridine rings is 2. The van der Waals surface area contributed by atoms with Gasteiger partial charge in [-0.2, -0.15) is 0 Å². The second-order valence-corrected chi connectivity index (χ2v) is 15.2. The Morgan fingerprint density at radius 2 is 0.778 bits per heavy atom. The summed E-state index contributed by atoms with van der Waals surface area (Å²) in [6, 6.07) is 10.4. The summed E-state index contributed by atoms with van der Waals surface area (Å²) in [5.41, 5.74) is 0. The molecule has 0 spiro atoms. The van der Waals surface area contributed by atoms with Crippen molar-refractivity contribution >= 4 is 49.9 Å². The summed E-state index contributed by atoms with van der Waals surface area (Å²) in [5, 5.41) is 7.60. The highest BCUT2D eigenvalue weighted by Crippen LogP contribution is 2.32. The van der Waals surface area contributed by atoms with Gasteiger partial charge in [0, 0.05) is 99.9 Å². The minimum atomic E-state index is -2.55. The molecule has 0 aliphatic carbocycles. The highest BCUT2D eigenvalue weighted by Gasteiger charge is 2.38. The topological polar surface area (TPSA) is 63.1 Å². The Bertz CT molecular complexity index is 1110. The van der Waals surface area contributed by atoms with Gasteiger partial charge in [-0.25, -0.2) is 9.13 Å². The van der Waals surface area contributed by atoms with Crippen molar-refractivity contribution in [2.75, 3.05) is 42.7 Å². The fourth-order valence-corrected chi connectivity index (χ4v) is 8.56. The molecule has 0 unspecified atom stereocenters. The van der Waals surface area contributed by atoms with Gasteiger partial charge in [-0.3, -0.25) is 0 Å². The van der Waals surface area contributed by atoms with E-state index in [0.29, 0.717) is 0 Å². The van der Waals surface area contributed by atoms with Crippen molar-refractivity contribution < 1.29 is 35.7 Å². The fourth-order valence-electron chi connectivity index (χ4n) is 5.15. The van der Waals surface area contributed by atoms with E-state index in [4.69, 9.17) is 26.6 Å². The van der Waals surface area contributed by atoms with Crippen LogP contribution in [0.2, 0.25) is 12.1 Å². The molecule has 4 rings (SSSR count). The average molecular weight is 531 g/mol. The second kappa shape index (κ2) is 11.6. The first-order valence-corrected chi connectivity index (χ1v) is 16.1. The first-order valence-electron chi connectivity index (χ1n) is 12.3. The molecule has 0 radical (unpaired) electrons. The van der Waals surface area contributed by atoms with Crippen LogP contribution >= 0.6 is 0 Å². The zero-order valence-electron chi connectivity index (χ0n) is 22.2. The van der Waals surface area contributed by atoms with E-state index in [9.17, 15) is 0 Å². The molecule has 0 bridgehead atoms. The molecular weight excluding hydrogens is 492 g/mol. The van der Waals surface area contributed by atoms with E-state index in [0.717, 1.165) is 38.0 Å². The average Bonchev–Trinajstić information content (AvgIpc) is 2.92. The number of benzene rings is 2. The molecule has 36 heavy (non-hydrogen) atoms. The Hall–Kier alpha value is -2.03. The maximum absolute atomic E-state index is 5.57. The summed E-state index contributed by atoms with van der Waals surface area (Å²) in [6.07, 6.45) is 10.8. The highest BCUT2D eigenvalue weighted by molar-refractivity contribution is 6.60. The van der Waals surface area contributed by atoms with E-state index < -0.39 is 17.6 Å². The summed E-state index contributed by atoms with van der Waals surface area (Å²) in [5.74, 6) is 0. The van der Waals surface area contributed by atoms with Crippen LogP contribution in [0.15, 0.2) is 49.1 Å². The normalized spacial score (nSPS) is 12.9. The molecule has 0 fully saturated rings. The van der Waals surface area contributed by atoms with Crippen molar-refractivity contribution in [2.24, 2.45) is 0 Å². The third-order valence-electron chi connectivity index (χ3n) is 7.17. The zero-order valence-corrected chi connectivity index (χ0v) is 24.2. The van der Waals surface area contributed by atoms with Crippen molar-refractivity contribution in [1.29, 1.82) is 0 Å². The van der Waals surface area contributed by atoms with Gasteiger partial charge >= 0.3 is 17.6 Å². The Labute approximate surface area is 215 Å². The van der Waals surface area contributed by atoms with Crippen molar-refractivity contribution in [1.82, 2.24) is 0 Å². The summed E-state index contributed by atoms with van der Waals surface area (Å²) in [6.45, 7) is 1.74. The van der Waals surface area contributed by atoms with Gasteiger partial charge in [-0.05, 0) is 24.3 Å². The van der Waals surface area contributed by atoms with Crippen molar-refractivity contribution in [3.05, 3.63) is 49.1 Å². The standard InChI is InChI=1S/C26H38N2O6Si2/c1-29-35(30-2,31-3)15-7-13-27-17-21-9-11-23-19-28(14-8-16-36(32-4,33-5)34-6)20-24-12-10-22(18-27)25(21)26(23)24/h9-12,17-20H,7-8,13-16H2,1-6H3/q+2. The first-order chi connectivity index (χ1) is 17.5. The lowest BCUT2D eigenvalue weighted by Gasteiger charge is -2.23. The lowest BCUT2D eigenvalue weighted by atomic mass is 9.97. The molecule has 4 aromatic rings. The van der Waals surface area contributed by atoms with Crippen LogP contribution in [0.1, 0.15) is 12.8 Å². The summed E-state index contributed by atoms with van der Waals surface area (Å²) in [4.78, 5) is 0. The molecule has 2 aromatic heterocycles. The predicted molar refractivity (Wildman–Crippen MR) is 143 cm³/mol. The van der Waals surface area contributed by atoms with Crippen LogP contribution < -0.4 is 9.13 Å². The molecule has 0 atom stereocenters. The van der Waals surface area contributed by atoms with Gasteiger partial charge in [0.15, 0.2) is 24.8 Å². The minimum Gasteiger partial charge on any atom is -0.377 e. The third kappa shape index (κ3) is 5.31. The van der Waals surface area contributed by atoms with Gasteiger partial charge in [0.1, 0.15) is 13.1 Å². The summed E-state index contributed by atoms with van der Waals surface area (Å²) < 4.78 is 37.9. The fraction of sp³-hybridized carbons (Fsp3) is 0.462. The zero-order chi connectivity index (χ0) is 25.8. The van der Waals surface area contributed by atoms with Gasteiger partial charge < -0.3 is 26.6 Å². The molecule has 10 heteroatoms. The number of aromatic nitrogens is 2. The number of hydrogen-bond acceptors (Lipinski definition) is 6. The van der Waals surface area contributed by atoms with E-state index >= 15 is 0 Å². The van der Waals surface area contributed by atoms with E-state index in [-0.39, 0.29) is 0 Å². The Morgan fingerprint density at radius 3 is 1.03 bits per heavy atom. The van der Waals surface area contributed by atoms with Crippen LogP contribution in [0.4, 0.5) is 0 Å². The monoisotopic (exact) mass is 530 g/mol. The second-order valence-electron chi connectivity index (χ2n) is 9.03. The van der Waals surface area contributed by atoms with Crippen LogP contribution in [-0.2, 0) is 39.6 Å². The highest BCUT2D eigenvalue weighted by atomic mass is 28.4. The van der Waals surface area contributed by atoms with Crippen LogP contribution in [0, 0.1) is 0 Å². The minimum absolute atomic E-state index is 0.775. The molecule has 8 nitrogen and oxygen atoms in total. The predicted octanol–water partition coefficient (Wildman–Crippen LogP) is 3.70. The van der Waals surface area contributed by atoms with Crippen LogP contribution in [0.5, 0.6) is 0 Å². The van der Waals surface area contributed by atoms with Gasteiger partial charge in [0.2, 0.25) is 0 Å². The molecule has 0 N–H and O–H groups in total. The van der Waals surface area contributed by atoms with E-state index in [1.54, 1.807) is 42.7 Å². The first kappa shape index (κ1) is 27.0. The Balaban J connectivity index is 1.56. The molecule has 2 heterocycles. The molecule has 0 amide bonds. The molecule has 0 saturated heterocycles. The van der Waals surface area contributed by atoms with Gasteiger partial charge in [0.05, 0.1) is 0 Å². The lowest BCUT2D eigenvalue weighted by molar-refractivity contribution is -0.694. The molecule has 0 aliphatic heterocycles. The number of rotatable bonds is 14. The quantitative estimate of drug-likeness (QED) is 0.141. The number of aryl methyl sites for hydroxylation is 2. The van der Waals surface area contributed by atoms with E-state index in [1.807, 2.05) is 0 Å². The number of nitrogens with zero attached hydrogens (tertiary/aromatic N) is 2. The third-order valence-corrected chi connectivity index (χ3v) is 12.8. The van der Waals surface area contributed by atoms with Crippen LogP contribution in [-0.4, -0.2) is 60.3 Å². The SMILES string of the molecule is CO[Si](CCC[n+]1cc2ccc3c[n+](CCC[Si](OC)(OC)OC)cc4ccc(c1)c2c34)(OC)OC. The van der Waals surface area contributed by atoms with Crippen molar-refractivity contribution in [3.63, 3.8) is 0 Å². The van der Waals surface area contributed by atoms with Gasteiger partial charge in [-0.15, -0.1) is 0 Å². The lowest BCUT2D eigenvalue weighted by Crippen LogP contribution is -2.44. The van der Waals surface area contributed by atoms with Crippen molar-refractivity contribution in [3.8, 4) is 0 Å². The Kier molecular flexibility index (Phi) is 8.69. The Morgan fingerprint density at radius 1 is 0.500 bits per heavy atom. The molecule has 194 valence electrons. The molecule has 2 aromatic carbocycles. The van der Waals surface area contributed by atoms with Crippen LogP contribution in [0.3, 0.4) is 0 Å². The van der Waals surface area contributed by atoms with E-state index in [1.165, 1.54) is 32.3 Å². The molecule has 0 aliphatic rings. The smallest absolute Gasteiger partial charge is 0.377 e. The summed E-state index contributed by atoms with van der Waals surface area (Å²) in [7, 11) is 4.88. The van der Waals surface area contributed by atoms with Gasteiger partial charge in [-0.1, -0.05) is 0 Å².